The Balaban J connectivity index is 2.17. The van der Waals surface area contributed by atoms with Crippen molar-refractivity contribution in [2.45, 2.75) is 13.5 Å². The zero-order chi connectivity index (χ0) is 13.8. The molecule has 1 aromatic carbocycles. The molecular formula is C13H13BrN4S. The summed E-state index contributed by atoms with van der Waals surface area (Å²) in [4.78, 5) is 8.76. The molecule has 0 saturated heterocycles. The minimum absolute atomic E-state index is 0.364. The zero-order valence-electron chi connectivity index (χ0n) is 10.4. The second-order valence-corrected chi connectivity index (χ2v) is 5.36. The Morgan fingerprint density at radius 3 is 2.89 bits per heavy atom. The molecule has 0 unspecified atom stereocenters. The normalized spacial score (nSPS) is 10.2. The van der Waals surface area contributed by atoms with E-state index in [0.29, 0.717) is 11.5 Å². The molecule has 1 heterocycles. The molecule has 0 aliphatic carbocycles. The summed E-state index contributed by atoms with van der Waals surface area (Å²) in [5.41, 5.74) is 8.35. The van der Waals surface area contributed by atoms with Gasteiger partial charge in [0, 0.05) is 21.9 Å². The number of halogens is 1. The molecule has 0 bridgehead atoms. The third-order valence-electron chi connectivity index (χ3n) is 2.54. The number of rotatable bonds is 4. The Hall–Kier alpha value is -1.53. The van der Waals surface area contributed by atoms with Crippen LogP contribution < -0.4 is 11.1 Å². The molecule has 0 saturated carbocycles. The van der Waals surface area contributed by atoms with E-state index in [4.69, 9.17) is 18.0 Å². The van der Waals surface area contributed by atoms with Gasteiger partial charge in [-0.15, -0.1) is 0 Å². The highest BCUT2D eigenvalue weighted by Crippen LogP contribution is 2.21. The van der Waals surface area contributed by atoms with Crippen molar-refractivity contribution in [3.8, 4) is 0 Å². The summed E-state index contributed by atoms with van der Waals surface area (Å²) in [5, 5.41) is 3.29. The molecule has 19 heavy (non-hydrogen) atoms. The summed E-state index contributed by atoms with van der Waals surface area (Å²) in [6, 6.07) is 7.65. The molecule has 2 rings (SSSR count). The highest BCUT2D eigenvalue weighted by atomic mass is 79.9. The second-order valence-electron chi connectivity index (χ2n) is 4.00. The van der Waals surface area contributed by atoms with Gasteiger partial charge in [-0.25, -0.2) is 9.97 Å². The SMILES string of the molecule is Cc1nccc(CNc2ccc(Br)cc2C(N)=S)n1. The molecule has 2 aromatic rings. The van der Waals surface area contributed by atoms with E-state index in [1.165, 1.54) is 0 Å². The van der Waals surface area contributed by atoms with Crippen molar-refractivity contribution in [1.82, 2.24) is 9.97 Å². The van der Waals surface area contributed by atoms with Crippen LogP contribution in [0.5, 0.6) is 0 Å². The van der Waals surface area contributed by atoms with Crippen molar-refractivity contribution in [1.29, 1.82) is 0 Å². The van der Waals surface area contributed by atoms with E-state index in [9.17, 15) is 0 Å². The first-order valence-electron chi connectivity index (χ1n) is 5.68. The third kappa shape index (κ3) is 3.71. The summed E-state index contributed by atoms with van der Waals surface area (Å²) in [6.45, 7) is 2.46. The average Bonchev–Trinajstić information content (AvgIpc) is 2.37. The number of thiocarbonyl (C=S) groups is 1. The van der Waals surface area contributed by atoms with Crippen LogP contribution in [0.2, 0.25) is 0 Å². The fraction of sp³-hybridized carbons (Fsp3) is 0.154. The van der Waals surface area contributed by atoms with E-state index in [1.54, 1.807) is 6.20 Å². The highest BCUT2D eigenvalue weighted by molar-refractivity contribution is 9.10. The summed E-state index contributed by atoms with van der Waals surface area (Å²) in [6.07, 6.45) is 1.75. The minimum atomic E-state index is 0.364. The van der Waals surface area contributed by atoms with Gasteiger partial charge in [0.25, 0.3) is 0 Å². The van der Waals surface area contributed by atoms with Gasteiger partial charge < -0.3 is 11.1 Å². The molecular weight excluding hydrogens is 324 g/mol. The van der Waals surface area contributed by atoms with Crippen LogP contribution >= 0.6 is 28.1 Å². The Kier molecular flexibility index (Phi) is 4.44. The Bertz CT molecular complexity index is 615. The lowest BCUT2D eigenvalue weighted by atomic mass is 10.1. The van der Waals surface area contributed by atoms with Crippen molar-refractivity contribution in [3.05, 3.63) is 52.0 Å². The third-order valence-corrected chi connectivity index (χ3v) is 3.25. The molecule has 0 fully saturated rings. The average molecular weight is 337 g/mol. The smallest absolute Gasteiger partial charge is 0.125 e. The van der Waals surface area contributed by atoms with Gasteiger partial charge in [-0.05, 0) is 31.2 Å². The van der Waals surface area contributed by atoms with E-state index in [2.05, 4.69) is 31.2 Å². The molecule has 4 nitrogen and oxygen atoms in total. The van der Waals surface area contributed by atoms with Gasteiger partial charge >= 0.3 is 0 Å². The minimum Gasteiger partial charge on any atom is -0.389 e. The van der Waals surface area contributed by atoms with Gasteiger partial charge in [-0.3, -0.25) is 0 Å². The van der Waals surface area contributed by atoms with E-state index >= 15 is 0 Å². The molecule has 3 N–H and O–H groups in total. The van der Waals surface area contributed by atoms with E-state index < -0.39 is 0 Å². The van der Waals surface area contributed by atoms with E-state index in [0.717, 1.165) is 27.2 Å². The van der Waals surface area contributed by atoms with Crippen molar-refractivity contribution in [3.63, 3.8) is 0 Å². The number of hydrogen-bond acceptors (Lipinski definition) is 4. The van der Waals surface area contributed by atoms with Crippen molar-refractivity contribution < 1.29 is 0 Å². The maximum absolute atomic E-state index is 5.72. The topological polar surface area (TPSA) is 63.8 Å². The summed E-state index contributed by atoms with van der Waals surface area (Å²) in [5.74, 6) is 0.754. The summed E-state index contributed by atoms with van der Waals surface area (Å²) in [7, 11) is 0. The predicted molar refractivity (Wildman–Crippen MR) is 84.1 cm³/mol. The first-order valence-corrected chi connectivity index (χ1v) is 6.88. The number of aromatic nitrogens is 2. The molecule has 6 heteroatoms. The number of nitrogens with one attached hydrogen (secondary N) is 1. The van der Waals surface area contributed by atoms with Gasteiger partial charge in [0.2, 0.25) is 0 Å². The highest BCUT2D eigenvalue weighted by Gasteiger charge is 2.06. The van der Waals surface area contributed by atoms with Gasteiger partial charge in [0.05, 0.1) is 12.2 Å². The van der Waals surface area contributed by atoms with E-state index in [-0.39, 0.29) is 0 Å². The molecule has 98 valence electrons. The van der Waals surface area contributed by atoms with Crippen LogP contribution in [0.25, 0.3) is 0 Å². The van der Waals surface area contributed by atoms with Crippen LogP contribution in [0.4, 0.5) is 5.69 Å². The summed E-state index contributed by atoms with van der Waals surface area (Å²) >= 11 is 8.46. The quantitative estimate of drug-likeness (QED) is 0.840. The van der Waals surface area contributed by atoms with Gasteiger partial charge in [0.15, 0.2) is 0 Å². The van der Waals surface area contributed by atoms with Crippen LogP contribution in [0.1, 0.15) is 17.1 Å². The van der Waals surface area contributed by atoms with Crippen LogP contribution in [-0.4, -0.2) is 15.0 Å². The van der Waals surface area contributed by atoms with Crippen LogP contribution in [-0.2, 0) is 6.54 Å². The molecule has 1 aromatic heterocycles. The van der Waals surface area contributed by atoms with Crippen molar-refractivity contribution >= 4 is 38.8 Å². The Morgan fingerprint density at radius 1 is 1.42 bits per heavy atom. The molecule has 0 spiro atoms. The van der Waals surface area contributed by atoms with Crippen LogP contribution in [0, 0.1) is 6.92 Å². The first kappa shape index (κ1) is 13.9. The van der Waals surface area contributed by atoms with Gasteiger partial charge in [0.1, 0.15) is 10.8 Å². The monoisotopic (exact) mass is 336 g/mol. The molecule has 0 aliphatic rings. The number of nitrogens with zero attached hydrogens (tertiary/aromatic N) is 2. The maximum atomic E-state index is 5.72. The van der Waals surface area contributed by atoms with E-state index in [1.807, 2.05) is 31.2 Å². The molecule has 0 radical (unpaired) electrons. The van der Waals surface area contributed by atoms with Crippen molar-refractivity contribution in [2.75, 3.05) is 5.32 Å². The zero-order valence-corrected chi connectivity index (χ0v) is 12.8. The molecule has 0 amide bonds. The number of nitrogens with two attached hydrogens (primary N) is 1. The van der Waals surface area contributed by atoms with Gasteiger partial charge in [-0.2, -0.15) is 0 Å². The lowest BCUT2D eigenvalue weighted by molar-refractivity contribution is 0.955. The predicted octanol–water partition coefficient (Wildman–Crippen LogP) is 2.79. The fourth-order valence-corrected chi connectivity index (χ4v) is 2.19. The largest absolute Gasteiger partial charge is 0.389 e. The number of hydrogen-bond donors (Lipinski definition) is 2. The number of anilines is 1. The van der Waals surface area contributed by atoms with Crippen LogP contribution in [0.3, 0.4) is 0 Å². The standard InChI is InChI=1S/C13H13BrN4S/c1-8-16-5-4-10(18-8)7-17-12-3-2-9(14)6-11(12)13(15)19/h2-6,17H,7H2,1H3,(H2,15,19). The molecule has 0 atom stereocenters. The lowest BCUT2D eigenvalue weighted by Crippen LogP contribution is -2.13. The summed E-state index contributed by atoms with van der Waals surface area (Å²) < 4.78 is 0.943. The Morgan fingerprint density at radius 2 is 2.21 bits per heavy atom. The number of benzene rings is 1. The fourth-order valence-electron chi connectivity index (χ4n) is 1.66. The van der Waals surface area contributed by atoms with Crippen LogP contribution in [0.15, 0.2) is 34.9 Å². The molecule has 0 aliphatic heterocycles. The lowest BCUT2D eigenvalue weighted by Gasteiger charge is -2.11. The first-order chi connectivity index (χ1) is 9.06. The Labute approximate surface area is 125 Å². The van der Waals surface area contributed by atoms with Crippen molar-refractivity contribution in [2.24, 2.45) is 5.73 Å². The maximum Gasteiger partial charge on any atom is 0.125 e. The van der Waals surface area contributed by atoms with Gasteiger partial charge in [-0.1, -0.05) is 28.1 Å². The second kappa shape index (κ2) is 6.08. The number of aryl methyl sites for hydroxylation is 1.